The van der Waals surface area contributed by atoms with Gasteiger partial charge in [0.25, 0.3) is 11.8 Å². The molecule has 0 saturated heterocycles. The second-order valence-electron chi connectivity index (χ2n) is 4.77. The van der Waals surface area contributed by atoms with E-state index < -0.39 is 30.1 Å². The van der Waals surface area contributed by atoms with Crippen LogP contribution in [0.2, 0.25) is 0 Å². The highest BCUT2D eigenvalue weighted by molar-refractivity contribution is 6.21. The molecule has 3 rings (SSSR count). The van der Waals surface area contributed by atoms with Gasteiger partial charge in [-0.15, -0.1) is 0 Å². The minimum Gasteiger partial charge on any atom is -0.389 e. The van der Waals surface area contributed by atoms with E-state index >= 15 is 0 Å². The number of carbonyl (C=O) groups is 2. The van der Waals surface area contributed by atoms with Crippen LogP contribution >= 0.6 is 0 Å². The third-order valence-corrected chi connectivity index (χ3v) is 3.56. The SMILES string of the molecule is O=C1c2ccccc2C(=O)N1[C@H]1C[C@@H](O)C=C[C@@H]1O. The van der Waals surface area contributed by atoms with Crippen molar-refractivity contribution in [2.75, 3.05) is 0 Å². The molecule has 5 nitrogen and oxygen atoms in total. The van der Waals surface area contributed by atoms with Gasteiger partial charge in [-0.25, -0.2) is 0 Å². The van der Waals surface area contributed by atoms with Gasteiger partial charge in [-0.05, 0) is 12.1 Å². The standard InChI is InChI=1S/C14H13NO4/c16-8-5-6-12(17)11(7-8)15-13(18)9-3-1-2-4-10(9)14(15)19/h1-6,8,11-12,16-17H,7H2/t8-,11-,12-/m0/s1. The number of rotatable bonds is 1. The second kappa shape index (κ2) is 4.29. The fourth-order valence-corrected chi connectivity index (χ4v) is 2.60. The van der Waals surface area contributed by atoms with E-state index in [2.05, 4.69) is 0 Å². The van der Waals surface area contributed by atoms with Crippen molar-refractivity contribution in [1.82, 2.24) is 4.90 Å². The molecule has 1 aromatic rings. The van der Waals surface area contributed by atoms with Crippen molar-refractivity contribution in [2.45, 2.75) is 24.7 Å². The second-order valence-corrected chi connectivity index (χ2v) is 4.77. The molecule has 1 aliphatic carbocycles. The molecule has 0 aromatic heterocycles. The molecule has 0 spiro atoms. The van der Waals surface area contributed by atoms with Crippen LogP contribution in [0.25, 0.3) is 0 Å². The molecule has 5 heteroatoms. The lowest BCUT2D eigenvalue weighted by molar-refractivity contribution is 0.0299. The number of benzene rings is 1. The van der Waals surface area contributed by atoms with Crippen LogP contribution < -0.4 is 0 Å². The summed E-state index contributed by atoms with van der Waals surface area (Å²) in [6, 6.07) is 5.86. The molecule has 19 heavy (non-hydrogen) atoms. The summed E-state index contributed by atoms with van der Waals surface area (Å²) in [6.07, 6.45) is 1.36. The summed E-state index contributed by atoms with van der Waals surface area (Å²) in [4.78, 5) is 25.6. The number of amides is 2. The molecule has 2 N–H and O–H groups in total. The molecular formula is C14H13NO4. The summed E-state index contributed by atoms with van der Waals surface area (Å²) < 4.78 is 0. The fourth-order valence-electron chi connectivity index (χ4n) is 2.60. The molecule has 0 bridgehead atoms. The smallest absolute Gasteiger partial charge is 0.261 e. The molecule has 1 heterocycles. The molecule has 0 fully saturated rings. The van der Waals surface area contributed by atoms with Crippen molar-refractivity contribution in [3.05, 3.63) is 47.5 Å². The van der Waals surface area contributed by atoms with E-state index in [4.69, 9.17) is 0 Å². The van der Waals surface area contributed by atoms with Crippen LogP contribution in [0.4, 0.5) is 0 Å². The van der Waals surface area contributed by atoms with E-state index in [0.717, 1.165) is 4.90 Å². The first-order valence-electron chi connectivity index (χ1n) is 6.11. The average Bonchev–Trinajstić information content (AvgIpc) is 2.66. The maximum absolute atomic E-state index is 12.2. The van der Waals surface area contributed by atoms with Gasteiger partial charge in [-0.1, -0.05) is 24.3 Å². The topological polar surface area (TPSA) is 77.8 Å². The first kappa shape index (κ1) is 12.1. The normalized spacial score (nSPS) is 29.8. The van der Waals surface area contributed by atoms with Gasteiger partial charge in [-0.3, -0.25) is 14.5 Å². The predicted molar refractivity (Wildman–Crippen MR) is 66.5 cm³/mol. The van der Waals surface area contributed by atoms with Crippen LogP contribution in [0.1, 0.15) is 27.1 Å². The maximum Gasteiger partial charge on any atom is 0.261 e. The number of hydrogen-bond donors (Lipinski definition) is 2. The monoisotopic (exact) mass is 259 g/mol. The van der Waals surface area contributed by atoms with Gasteiger partial charge < -0.3 is 10.2 Å². The number of fused-ring (bicyclic) bond motifs is 1. The Bertz CT molecular complexity index is 546. The Balaban J connectivity index is 1.98. The third kappa shape index (κ3) is 1.78. The fraction of sp³-hybridized carbons (Fsp3) is 0.286. The molecule has 0 radical (unpaired) electrons. The summed E-state index contributed by atoms with van der Waals surface area (Å²) in [6.45, 7) is 0. The molecule has 3 atom stereocenters. The Hall–Kier alpha value is -1.98. The number of carbonyl (C=O) groups excluding carboxylic acids is 2. The van der Waals surface area contributed by atoms with Gasteiger partial charge >= 0.3 is 0 Å². The van der Waals surface area contributed by atoms with E-state index in [-0.39, 0.29) is 6.42 Å². The first-order chi connectivity index (χ1) is 9.09. The van der Waals surface area contributed by atoms with Crippen LogP contribution in [-0.2, 0) is 0 Å². The molecule has 1 aliphatic heterocycles. The Kier molecular flexibility index (Phi) is 2.73. The molecule has 0 unspecified atom stereocenters. The molecule has 98 valence electrons. The lowest BCUT2D eigenvalue weighted by Gasteiger charge is -2.32. The Morgan fingerprint density at radius 3 is 2.16 bits per heavy atom. The van der Waals surface area contributed by atoms with E-state index in [1.54, 1.807) is 24.3 Å². The summed E-state index contributed by atoms with van der Waals surface area (Å²) in [7, 11) is 0. The minimum absolute atomic E-state index is 0.156. The predicted octanol–water partition coefficient (Wildman–Crippen LogP) is 0.333. The van der Waals surface area contributed by atoms with Gasteiger partial charge in [0.2, 0.25) is 0 Å². The van der Waals surface area contributed by atoms with E-state index in [0.29, 0.717) is 11.1 Å². The summed E-state index contributed by atoms with van der Waals surface area (Å²) in [5.41, 5.74) is 0.701. The Morgan fingerprint density at radius 1 is 1.00 bits per heavy atom. The largest absolute Gasteiger partial charge is 0.389 e. The number of imide groups is 1. The van der Waals surface area contributed by atoms with Crippen LogP contribution in [0, 0.1) is 0 Å². The molecule has 1 aromatic carbocycles. The molecule has 0 saturated carbocycles. The van der Waals surface area contributed by atoms with Crippen LogP contribution in [-0.4, -0.2) is 45.2 Å². The number of aliphatic hydroxyl groups is 2. The average molecular weight is 259 g/mol. The lowest BCUT2D eigenvalue weighted by Crippen LogP contribution is -2.49. The van der Waals surface area contributed by atoms with Crippen molar-refractivity contribution < 1.29 is 19.8 Å². The van der Waals surface area contributed by atoms with Crippen molar-refractivity contribution >= 4 is 11.8 Å². The molecule has 2 aliphatic rings. The van der Waals surface area contributed by atoms with Gasteiger partial charge in [0.1, 0.15) is 0 Å². The summed E-state index contributed by atoms with van der Waals surface area (Å²) >= 11 is 0. The van der Waals surface area contributed by atoms with E-state index in [1.165, 1.54) is 12.2 Å². The van der Waals surface area contributed by atoms with E-state index in [1.807, 2.05) is 0 Å². The van der Waals surface area contributed by atoms with Crippen molar-refractivity contribution in [1.29, 1.82) is 0 Å². The van der Waals surface area contributed by atoms with Gasteiger partial charge in [0.05, 0.1) is 29.4 Å². The first-order valence-corrected chi connectivity index (χ1v) is 6.11. The van der Waals surface area contributed by atoms with Crippen molar-refractivity contribution in [3.8, 4) is 0 Å². The van der Waals surface area contributed by atoms with Gasteiger partial charge in [0.15, 0.2) is 0 Å². The quantitative estimate of drug-likeness (QED) is 0.563. The van der Waals surface area contributed by atoms with Gasteiger partial charge in [-0.2, -0.15) is 0 Å². The minimum atomic E-state index is -0.939. The highest BCUT2D eigenvalue weighted by atomic mass is 16.3. The summed E-state index contributed by atoms with van der Waals surface area (Å²) in [5.74, 6) is -0.820. The number of hydrogen-bond acceptors (Lipinski definition) is 4. The lowest BCUT2D eigenvalue weighted by atomic mass is 9.95. The molecule has 2 amide bonds. The van der Waals surface area contributed by atoms with Crippen molar-refractivity contribution in [3.63, 3.8) is 0 Å². The Labute approximate surface area is 109 Å². The van der Waals surface area contributed by atoms with Crippen LogP contribution in [0.15, 0.2) is 36.4 Å². The number of aliphatic hydroxyl groups excluding tert-OH is 2. The third-order valence-electron chi connectivity index (χ3n) is 3.56. The summed E-state index contributed by atoms with van der Waals surface area (Å²) in [5, 5.41) is 19.5. The maximum atomic E-state index is 12.2. The zero-order valence-electron chi connectivity index (χ0n) is 10.1. The van der Waals surface area contributed by atoms with Gasteiger partial charge in [0, 0.05) is 6.42 Å². The zero-order valence-corrected chi connectivity index (χ0v) is 10.1. The molecular weight excluding hydrogens is 246 g/mol. The van der Waals surface area contributed by atoms with Crippen LogP contribution in [0.5, 0.6) is 0 Å². The van der Waals surface area contributed by atoms with Crippen LogP contribution in [0.3, 0.4) is 0 Å². The zero-order chi connectivity index (χ0) is 13.6. The highest BCUT2D eigenvalue weighted by Crippen LogP contribution is 2.29. The van der Waals surface area contributed by atoms with Crippen molar-refractivity contribution in [2.24, 2.45) is 0 Å². The number of nitrogens with zero attached hydrogens (tertiary/aromatic N) is 1. The van der Waals surface area contributed by atoms with E-state index in [9.17, 15) is 19.8 Å². The highest BCUT2D eigenvalue weighted by Gasteiger charge is 2.43. The Morgan fingerprint density at radius 2 is 1.58 bits per heavy atom.